The van der Waals surface area contributed by atoms with Gasteiger partial charge in [-0.3, -0.25) is 4.57 Å². The highest BCUT2D eigenvalue weighted by molar-refractivity contribution is 7.56. The van der Waals surface area contributed by atoms with Crippen molar-refractivity contribution in [2.45, 2.75) is 170 Å². The molecule has 2 heterocycles. The van der Waals surface area contributed by atoms with Gasteiger partial charge in [-0.25, -0.2) is 13.8 Å². The Morgan fingerprint density at radius 1 is 0.479 bits per heavy atom. The molecule has 9 nitrogen and oxygen atoms in total. The number of hydrogen-bond donors (Lipinski definition) is 0. The summed E-state index contributed by atoms with van der Waals surface area (Å²) in [6, 6.07) is 25.4. The molecule has 73 heavy (non-hydrogen) atoms. The molecular weight excluding hydrogens is 968 g/mol. The second-order valence-corrected chi connectivity index (χ2v) is 32.1. The van der Waals surface area contributed by atoms with Crippen LogP contribution >= 0.6 is 22.7 Å². The normalized spacial score (nSPS) is 19.2. The molecule has 5 aromatic rings. The summed E-state index contributed by atoms with van der Waals surface area (Å²) in [5.74, 6) is 2.64. The van der Waals surface area contributed by atoms with Crippen LogP contribution in [0.3, 0.4) is 0 Å². The molecule has 0 fully saturated rings. The van der Waals surface area contributed by atoms with E-state index in [4.69, 9.17) is 22.6 Å². The minimum atomic E-state index is -3.73. The summed E-state index contributed by atoms with van der Waals surface area (Å²) in [6.45, 7) is 42.7. The van der Waals surface area contributed by atoms with Gasteiger partial charge >= 0.3 is 22.7 Å². The van der Waals surface area contributed by atoms with Gasteiger partial charge in [-0.05, 0) is 112 Å². The van der Waals surface area contributed by atoms with E-state index in [0.29, 0.717) is 67.5 Å². The molecule has 0 bridgehead atoms. The molecule has 0 amide bonds. The maximum atomic E-state index is 15.2. The van der Waals surface area contributed by atoms with E-state index in [-0.39, 0.29) is 27.1 Å². The average Bonchev–Trinajstić information content (AvgIpc) is 3.22. The minimum absolute atomic E-state index is 0.120. The fraction of sp³-hybridized carbons (Fsp3) is 0.508. The predicted octanol–water partition coefficient (Wildman–Crippen LogP) is 17.3. The molecule has 5 aromatic carbocycles. The zero-order valence-electron chi connectivity index (χ0n) is 47.7. The fourth-order valence-corrected chi connectivity index (χ4v) is 13.8. The van der Waals surface area contributed by atoms with Crippen LogP contribution in [0.1, 0.15) is 190 Å². The number of hydrogen-bond acceptors (Lipinski definition) is 8. The van der Waals surface area contributed by atoms with Gasteiger partial charge in [-0.15, -0.1) is 0 Å². The molecule has 2 aliphatic rings. The van der Waals surface area contributed by atoms with E-state index >= 15 is 4.57 Å². The highest BCUT2D eigenvalue weighted by Gasteiger charge is 2.36. The van der Waals surface area contributed by atoms with Gasteiger partial charge in [0.1, 0.15) is 28.7 Å². The third kappa shape index (κ3) is 12.9. The van der Waals surface area contributed by atoms with Gasteiger partial charge in [0.05, 0.1) is 13.3 Å². The van der Waals surface area contributed by atoms with Crippen LogP contribution in [-0.2, 0) is 66.5 Å². The lowest BCUT2D eigenvalue weighted by atomic mass is 9.80. The first-order chi connectivity index (χ1) is 33.4. The molecule has 0 aromatic heterocycles. The van der Waals surface area contributed by atoms with Crippen LogP contribution in [0, 0.1) is 0 Å². The SMILES string of the molecule is CCN(CC)P(C)(=O)Oc1c(Cc2cc(C(C)(C)C)cc3c2OP(C)(=O)Oc2ccc(C(C)(C)C)cc2C3)cc(C(C)(C)C)cc1Cc1cc(C(C)(C)C)cc2c1OP(C)(=O)Oc1ccc(C(C)(C)C)cc1C2. The molecule has 0 radical (unpaired) electrons. The molecule has 0 saturated heterocycles. The monoisotopic (exact) mass is 1050 g/mol. The third-order valence-corrected chi connectivity index (χ3v) is 18.4. The molecule has 3 atom stereocenters. The lowest BCUT2D eigenvalue weighted by Crippen LogP contribution is -2.23. The number of benzene rings is 5. The van der Waals surface area contributed by atoms with Crippen molar-refractivity contribution in [3.8, 4) is 28.7 Å². The van der Waals surface area contributed by atoms with Crippen molar-refractivity contribution in [1.82, 2.24) is 4.67 Å². The van der Waals surface area contributed by atoms with Crippen molar-refractivity contribution in [3.63, 3.8) is 0 Å². The lowest BCUT2D eigenvalue weighted by Gasteiger charge is -2.32. The summed E-state index contributed by atoms with van der Waals surface area (Å²) in [5, 5.41) is 0. The van der Waals surface area contributed by atoms with E-state index in [1.165, 1.54) is 13.3 Å². The van der Waals surface area contributed by atoms with Gasteiger partial charge in [-0.2, -0.15) is 0 Å². The molecule has 0 N–H and O–H groups in total. The smallest absolute Gasteiger partial charge is 0.427 e. The molecule has 0 saturated carbocycles. The third-order valence-electron chi connectivity index (χ3n) is 14.3. The van der Waals surface area contributed by atoms with Crippen LogP contribution in [-0.4, -0.2) is 37.8 Å². The molecule has 7 rings (SSSR count). The number of nitrogens with zero attached hydrogens (tertiary/aromatic N) is 1. The van der Waals surface area contributed by atoms with Gasteiger partial charge in [-0.1, -0.05) is 178 Å². The molecule has 3 unspecified atom stereocenters. The summed E-state index contributed by atoms with van der Waals surface area (Å²) in [6.07, 6.45) is 1.59. The van der Waals surface area contributed by atoms with Crippen molar-refractivity contribution in [3.05, 3.63) is 145 Å². The molecule has 0 spiro atoms. The minimum Gasteiger partial charge on any atom is -0.432 e. The fourth-order valence-electron chi connectivity index (χ4n) is 9.76. The Kier molecular flexibility index (Phi) is 15.2. The van der Waals surface area contributed by atoms with Crippen molar-refractivity contribution in [1.29, 1.82) is 0 Å². The molecule has 396 valence electrons. The summed E-state index contributed by atoms with van der Waals surface area (Å²) in [5.41, 5.74) is 11.4. The van der Waals surface area contributed by atoms with Crippen LogP contribution in [0.4, 0.5) is 0 Å². The Balaban J connectivity index is 1.51. The second kappa shape index (κ2) is 19.7. The van der Waals surface area contributed by atoms with Gasteiger partial charge < -0.3 is 22.6 Å². The van der Waals surface area contributed by atoms with Gasteiger partial charge in [0, 0.05) is 45.4 Å². The van der Waals surface area contributed by atoms with Crippen molar-refractivity contribution < 1.29 is 36.3 Å². The maximum absolute atomic E-state index is 15.2. The van der Waals surface area contributed by atoms with Gasteiger partial charge in [0.25, 0.3) is 0 Å². The molecule has 12 heteroatoms. The first kappa shape index (κ1) is 56.5. The molecular formula is C61H84NO8P3. The Morgan fingerprint density at radius 3 is 1.12 bits per heavy atom. The Morgan fingerprint density at radius 2 is 0.795 bits per heavy atom. The highest BCUT2D eigenvalue weighted by atomic mass is 31.2. The van der Waals surface area contributed by atoms with Crippen molar-refractivity contribution >= 4 is 22.7 Å². The van der Waals surface area contributed by atoms with E-state index in [1.807, 2.05) is 42.8 Å². The number of rotatable bonds is 9. The average molecular weight is 1050 g/mol. The Bertz CT molecular complexity index is 2900. The van der Waals surface area contributed by atoms with E-state index in [1.54, 1.807) is 6.66 Å². The topological polar surface area (TPSA) is 101 Å². The van der Waals surface area contributed by atoms with E-state index < -0.39 is 22.7 Å². The van der Waals surface area contributed by atoms with Crippen LogP contribution < -0.4 is 22.6 Å². The lowest BCUT2D eigenvalue weighted by molar-refractivity contribution is 0.374. The highest BCUT2D eigenvalue weighted by Crippen LogP contribution is 2.56. The molecule has 2 aliphatic heterocycles. The quantitative estimate of drug-likeness (QED) is 0.134. The van der Waals surface area contributed by atoms with Crippen molar-refractivity contribution in [2.24, 2.45) is 0 Å². The Labute approximate surface area is 439 Å². The summed E-state index contributed by atoms with van der Waals surface area (Å²) >= 11 is 0. The largest absolute Gasteiger partial charge is 0.432 e. The predicted molar refractivity (Wildman–Crippen MR) is 304 cm³/mol. The van der Waals surface area contributed by atoms with E-state index in [0.717, 1.165) is 72.3 Å². The van der Waals surface area contributed by atoms with Gasteiger partial charge in [0.15, 0.2) is 0 Å². The second-order valence-electron chi connectivity index (χ2n) is 25.9. The summed E-state index contributed by atoms with van der Waals surface area (Å²) < 4.78 is 79.4. The first-order valence-electron chi connectivity index (χ1n) is 26.1. The van der Waals surface area contributed by atoms with E-state index in [2.05, 4.69) is 152 Å². The van der Waals surface area contributed by atoms with Crippen LogP contribution in [0.15, 0.2) is 72.8 Å². The van der Waals surface area contributed by atoms with Crippen LogP contribution in [0.25, 0.3) is 0 Å². The number of fused-ring (bicyclic) bond motifs is 4. The maximum Gasteiger partial charge on any atom is 0.427 e. The molecule has 0 aliphatic carbocycles. The summed E-state index contributed by atoms with van der Waals surface area (Å²) in [7, 11) is -11.0. The standard InChI is InChI=1S/C61H84NO8P3/c1-21-62(22-2)71(18,63)68-54-43(29-45-37-49(59(9,10)11)33-41-27-39-31-47(57(3,4)5)23-25-52(39)66-72(19,64)69-55(41)45)35-51(61(15,16)17)36-44(54)30-46-38-50(60(12,13)14)34-42-28-40-32-48(58(6,7)8)24-26-53(40)67-73(20,65)70-56(42)46/h23-26,31-38H,21-22,27-30H2,1-20H3. The zero-order chi connectivity index (χ0) is 54.2. The first-order valence-corrected chi connectivity index (χ1v) is 32.1. The van der Waals surface area contributed by atoms with E-state index in [9.17, 15) is 9.13 Å². The van der Waals surface area contributed by atoms with Gasteiger partial charge in [0.2, 0.25) is 0 Å². The van der Waals surface area contributed by atoms with Crippen molar-refractivity contribution in [2.75, 3.05) is 33.1 Å². The zero-order valence-corrected chi connectivity index (χ0v) is 50.4. The van der Waals surface area contributed by atoms with Crippen LogP contribution in [0.2, 0.25) is 0 Å². The Hall–Kier alpha value is -4.25. The van der Waals surface area contributed by atoms with Crippen LogP contribution in [0.5, 0.6) is 28.7 Å². The summed E-state index contributed by atoms with van der Waals surface area (Å²) in [4.78, 5) is 0.